The first-order valence-electron chi connectivity index (χ1n) is 22.0. The highest BCUT2D eigenvalue weighted by atomic mass is 35.5. The predicted molar refractivity (Wildman–Crippen MR) is 258 cm³/mol. The number of carbonyl (C=O) groups is 4. The van der Waals surface area contributed by atoms with E-state index in [0.717, 1.165) is 42.2 Å². The first-order valence-corrected chi connectivity index (χ1v) is 24.3. The molecule has 0 radical (unpaired) electrons. The summed E-state index contributed by atoms with van der Waals surface area (Å²) in [7, 11) is 0. The van der Waals surface area contributed by atoms with Crippen LogP contribution in [-0.2, 0) is 29.6 Å². The Morgan fingerprint density at radius 3 is 2.15 bits per heavy atom. The number of aromatic nitrogens is 2. The second-order valence-electron chi connectivity index (χ2n) is 17.5. The Hall–Kier alpha value is -6.08. The van der Waals surface area contributed by atoms with Crippen LogP contribution in [0.3, 0.4) is 0 Å². The van der Waals surface area contributed by atoms with Gasteiger partial charge in [0, 0.05) is 53.5 Å². The zero-order chi connectivity index (χ0) is 48.6. The molecule has 1 atom stereocenters. The number of esters is 1. The summed E-state index contributed by atoms with van der Waals surface area (Å²) in [6.45, 7) is 12.2. The maximum atomic E-state index is 13.1. The summed E-state index contributed by atoms with van der Waals surface area (Å²) in [4.78, 5) is 61.9. The van der Waals surface area contributed by atoms with E-state index < -0.39 is 41.3 Å². The number of amides is 3. The predicted octanol–water partition coefficient (Wildman–Crippen LogP) is 9.18. The Labute approximate surface area is 405 Å². The molecule has 0 aliphatic carbocycles. The summed E-state index contributed by atoms with van der Waals surface area (Å²) >= 11 is 9.01. The van der Waals surface area contributed by atoms with Crippen molar-refractivity contribution in [3.05, 3.63) is 75.8 Å². The van der Waals surface area contributed by atoms with Crippen LogP contribution in [0.1, 0.15) is 96.9 Å². The van der Waals surface area contributed by atoms with E-state index in [2.05, 4.69) is 33.0 Å². The van der Waals surface area contributed by atoms with E-state index >= 15 is 0 Å². The van der Waals surface area contributed by atoms with Crippen LogP contribution >= 0.6 is 34.7 Å². The number of nitrogens with one attached hydrogen (secondary N) is 3. The lowest BCUT2D eigenvalue weighted by atomic mass is 9.96. The Morgan fingerprint density at radius 2 is 1.49 bits per heavy atom. The summed E-state index contributed by atoms with van der Waals surface area (Å²) in [5, 5.41) is 33.0. The Morgan fingerprint density at radius 1 is 0.836 bits per heavy atom. The van der Waals surface area contributed by atoms with Crippen LogP contribution in [0.25, 0.3) is 21.7 Å². The van der Waals surface area contributed by atoms with E-state index in [1.165, 1.54) is 23.1 Å². The number of thioether (sulfide) groups is 1. The molecular formula is C48H57ClN8O8S2. The number of ether oxygens (including phenoxy) is 4. The van der Waals surface area contributed by atoms with Crippen molar-refractivity contribution in [2.24, 2.45) is 0 Å². The standard InChI is InChI=1S/C48H57ClN8O8S2/c1-47(2,3)64-45(60)53-21-8-7-11-38(55-46(61)65-48(4,5)6)42(59)52-22-20-39(58)63-26-25-62-35-18-14-31(15-19-35)40-36(27-50)41(57-23-9-10-24-57)56-44(37(40)28-51)67-30-34-29-66-43(54-34)32-12-16-33(49)17-13-32/h12-19,29,38H,7-11,20-26,30H2,1-6H3,(H,52,59)(H,53,60)(H,55,61)/t38-/m0/s1. The number of hydrogen-bond acceptors (Lipinski definition) is 15. The quantitative estimate of drug-likeness (QED) is 0.0326. The summed E-state index contributed by atoms with van der Waals surface area (Å²) in [6.07, 6.45) is 1.80. The zero-order valence-corrected chi connectivity index (χ0v) is 41.1. The number of carbonyl (C=O) groups excluding carboxylic acids is 4. The highest BCUT2D eigenvalue weighted by molar-refractivity contribution is 7.98. The number of alkyl carbamates (subject to hydrolysis) is 2. The number of halogens is 1. The fourth-order valence-electron chi connectivity index (χ4n) is 6.77. The SMILES string of the molecule is CC(C)(C)OC(=O)NCCCC[C@H](NC(=O)OC(C)(C)C)C(=O)NCCC(=O)OCCOc1ccc(-c2c(C#N)c(SCc3csc(-c4ccc(Cl)cc4)n3)nc(N3CCCC3)c2C#N)cc1. The van der Waals surface area contributed by atoms with Crippen molar-refractivity contribution in [1.29, 1.82) is 10.5 Å². The van der Waals surface area contributed by atoms with Gasteiger partial charge in [-0.1, -0.05) is 47.6 Å². The number of nitrogens with zero attached hydrogens (tertiary/aromatic N) is 5. The molecule has 1 aliphatic heterocycles. The average molecular weight is 974 g/mol. The van der Waals surface area contributed by atoms with Crippen molar-refractivity contribution in [2.75, 3.05) is 44.3 Å². The lowest BCUT2D eigenvalue weighted by Crippen LogP contribution is -2.48. The van der Waals surface area contributed by atoms with Gasteiger partial charge in [0.15, 0.2) is 0 Å². The van der Waals surface area contributed by atoms with Gasteiger partial charge in [-0.05, 0) is 103 Å². The Kier molecular flexibility index (Phi) is 19.1. The highest BCUT2D eigenvalue weighted by Crippen LogP contribution is 2.40. The molecule has 4 aromatic rings. The molecule has 3 N–H and O–H groups in total. The fraction of sp³-hybridized carbons (Fsp3) is 0.458. The molecule has 2 aromatic heterocycles. The maximum absolute atomic E-state index is 13.1. The largest absolute Gasteiger partial charge is 0.490 e. The molecule has 5 rings (SSSR count). The van der Waals surface area contributed by atoms with E-state index in [1.807, 2.05) is 29.6 Å². The molecule has 3 amide bonds. The van der Waals surface area contributed by atoms with Gasteiger partial charge in [-0.2, -0.15) is 10.5 Å². The molecular weight excluding hydrogens is 916 g/mol. The second kappa shape index (κ2) is 24.6. The number of anilines is 1. The van der Waals surface area contributed by atoms with Crippen LogP contribution in [0.15, 0.2) is 58.9 Å². The molecule has 16 nitrogen and oxygen atoms in total. The summed E-state index contributed by atoms with van der Waals surface area (Å²) in [6, 6.07) is 18.3. The van der Waals surface area contributed by atoms with Gasteiger partial charge >= 0.3 is 18.2 Å². The monoisotopic (exact) mass is 972 g/mol. The normalized spacial score (nSPS) is 12.9. The zero-order valence-electron chi connectivity index (χ0n) is 38.7. The van der Waals surface area contributed by atoms with E-state index in [4.69, 9.17) is 40.5 Å². The lowest BCUT2D eigenvalue weighted by molar-refractivity contribution is -0.144. The Bertz CT molecular complexity index is 2420. The molecule has 1 fully saturated rings. The third kappa shape index (κ3) is 16.6. The fourth-order valence-corrected chi connectivity index (χ4v) is 8.70. The number of benzene rings is 2. The number of pyridine rings is 1. The van der Waals surface area contributed by atoms with Crippen LogP contribution in [0.2, 0.25) is 5.02 Å². The minimum Gasteiger partial charge on any atom is -0.490 e. The van der Waals surface area contributed by atoms with Crippen LogP contribution < -0.4 is 25.6 Å². The highest BCUT2D eigenvalue weighted by Gasteiger charge is 2.28. The maximum Gasteiger partial charge on any atom is 0.408 e. The van der Waals surface area contributed by atoms with Gasteiger partial charge in [0.2, 0.25) is 5.91 Å². The van der Waals surface area contributed by atoms with Crippen LogP contribution in [0, 0.1) is 22.7 Å². The van der Waals surface area contributed by atoms with Crippen molar-refractivity contribution in [2.45, 2.75) is 108 Å². The number of unbranched alkanes of at least 4 members (excludes halogenated alkanes) is 1. The molecule has 1 saturated heterocycles. The van der Waals surface area contributed by atoms with Gasteiger partial charge in [0.1, 0.15) is 69.8 Å². The lowest BCUT2D eigenvalue weighted by Gasteiger charge is -2.23. The van der Waals surface area contributed by atoms with E-state index in [9.17, 15) is 29.7 Å². The van der Waals surface area contributed by atoms with Crippen molar-refractivity contribution in [1.82, 2.24) is 25.9 Å². The molecule has 0 unspecified atom stereocenters. The molecule has 0 spiro atoms. The summed E-state index contributed by atoms with van der Waals surface area (Å²) < 4.78 is 21.8. The van der Waals surface area contributed by atoms with Gasteiger partial charge in [-0.15, -0.1) is 11.3 Å². The van der Waals surface area contributed by atoms with Crippen LogP contribution in [0.4, 0.5) is 15.4 Å². The molecule has 19 heteroatoms. The van der Waals surface area contributed by atoms with Gasteiger partial charge in [-0.3, -0.25) is 9.59 Å². The summed E-state index contributed by atoms with van der Waals surface area (Å²) in [5.74, 6) is 0.446. The van der Waals surface area contributed by atoms with E-state index in [0.29, 0.717) is 69.0 Å². The molecule has 3 heterocycles. The van der Waals surface area contributed by atoms with Gasteiger partial charge < -0.3 is 39.8 Å². The minimum atomic E-state index is -0.943. The Balaban J connectivity index is 1.14. The van der Waals surface area contributed by atoms with Crippen LogP contribution in [0.5, 0.6) is 5.75 Å². The van der Waals surface area contributed by atoms with Gasteiger partial charge in [0.25, 0.3) is 0 Å². The smallest absolute Gasteiger partial charge is 0.408 e. The van der Waals surface area contributed by atoms with Crippen molar-refractivity contribution in [3.8, 4) is 39.6 Å². The first-order chi connectivity index (χ1) is 31.9. The number of rotatable bonds is 20. The third-order valence-corrected chi connectivity index (χ3v) is 12.0. The third-order valence-electron chi connectivity index (χ3n) is 9.76. The second-order valence-corrected chi connectivity index (χ2v) is 19.7. The molecule has 0 saturated carbocycles. The van der Waals surface area contributed by atoms with Crippen molar-refractivity contribution >= 4 is 64.6 Å². The molecule has 2 aromatic carbocycles. The molecule has 67 heavy (non-hydrogen) atoms. The molecule has 0 bridgehead atoms. The topological polar surface area (TPSA) is 218 Å². The van der Waals surface area contributed by atoms with Crippen molar-refractivity contribution < 1.29 is 38.1 Å². The molecule has 1 aliphatic rings. The van der Waals surface area contributed by atoms with Crippen LogP contribution in [-0.4, -0.2) is 90.7 Å². The van der Waals surface area contributed by atoms with Gasteiger partial charge in [0.05, 0.1) is 17.7 Å². The first kappa shape index (κ1) is 51.9. The number of thiazole rings is 1. The van der Waals surface area contributed by atoms with E-state index in [-0.39, 0.29) is 32.6 Å². The molecule has 356 valence electrons. The minimum absolute atomic E-state index is 0.0348. The van der Waals surface area contributed by atoms with Gasteiger partial charge in [-0.25, -0.2) is 19.6 Å². The average Bonchev–Trinajstić information content (AvgIpc) is 3.99. The number of nitriles is 2. The van der Waals surface area contributed by atoms with Crippen molar-refractivity contribution in [3.63, 3.8) is 0 Å². The van der Waals surface area contributed by atoms with E-state index in [1.54, 1.807) is 65.8 Å². The number of hydrogen-bond donors (Lipinski definition) is 3. The summed E-state index contributed by atoms with van der Waals surface area (Å²) in [5.41, 5.74) is 2.17.